The van der Waals surface area contributed by atoms with Gasteiger partial charge in [0, 0.05) is 10.7 Å². The van der Waals surface area contributed by atoms with Crippen molar-refractivity contribution in [3.05, 3.63) is 0 Å². The first-order chi connectivity index (χ1) is 8.27. The molecule has 11 heteroatoms. The van der Waals surface area contributed by atoms with Crippen molar-refractivity contribution >= 4 is 19.7 Å². The van der Waals surface area contributed by atoms with Gasteiger partial charge in [0.15, 0.2) is 0 Å². The second-order valence-corrected chi connectivity index (χ2v) is 6.60. The largest absolute Gasteiger partial charge is 0.423 e. The first-order valence-corrected chi connectivity index (χ1v) is 7.42. The summed E-state index contributed by atoms with van der Waals surface area (Å²) in [4.78, 5) is 0. The van der Waals surface area contributed by atoms with Crippen LogP contribution in [-0.2, 0) is 13.8 Å². The molecule has 0 amide bonds. The van der Waals surface area contributed by atoms with Crippen LogP contribution in [0.2, 0.25) is 0 Å². The third-order valence-corrected chi connectivity index (χ3v) is 3.35. The van der Waals surface area contributed by atoms with Gasteiger partial charge in [0.2, 0.25) is 15.2 Å². The molecule has 0 heterocycles. The number of halogens is 7. The fourth-order valence-corrected chi connectivity index (χ4v) is 2.60. The first kappa shape index (κ1) is 18.8. The Morgan fingerprint density at radius 2 is 1.53 bits per heavy atom. The summed E-state index contributed by atoms with van der Waals surface area (Å²) >= 11 is 0. The Hall–Kier alpha value is -0.220. The van der Waals surface area contributed by atoms with Crippen LogP contribution in [0.25, 0.3) is 0 Å². The van der Waals surface area contributed by atoms with E-state index in [1.807, 2.05) is 0 Å². The lowest BCUT2D eigenvalue weighted by molar-refractivity contribution is -0.323. The molecule has 1 atom stereocenters. The van der Waals surface area contributed by atoms with Crippen molar-refractivity contribution in [2.75, 3.05) is 12.4 Å². The molecule has 0 aromatic heterocycles. The highest BCUT2D eigenvalue weighted by Crippen LogP contribution is 2.36. The van der Waals surface area contributed by atoms with Gasteiger partial charge in [-0.3, -0.25) is 0 Å². The van der Waals surface area contributed by atoms with Gasteiger partial charge in [-0.2, -0.15) is 26.3 Å². The van der Waals surface area contributed by atoms with Crippen LogP contribution in [0.4, 0.5) is 26.3 Å². The second-order valence-electron chi connectivity index (χ2n) is 3.78. The molecule has 0 aliphatic carbocycles. The van der Waals surface area contributed by atoms with Crippen LogP contribution >= 0.6 is 10.7 Å². The van der Waals surface area contributed by atoms with Crippen molar-refractivity contribution < 1.29 is 39.5 Å². The lowest BCUT2D eigenvalue weighted by Crippen LogP contribution is -2.45. The van der Waals surface area contributed by atoms with E-state index < -0.39 is 45.8 Å². The molecule has 0 bridgehead atoms. The molecule has 116 valence electrons. The molecule has 0 radical (unpaired) electrons. The summed E-state index contributed by atoms with van der Waals surface area (Å²) in [7, 11) is 0.849. The van der Waals surface area contributed by atoms with Crippen LogP contribution in [0, 0.1) is 5.92 Å². The molecule has 0 aliphatic heterocycles. The van der Waals surface area contributed by atoms with Crippen LogP contribution in [0.1, 0.15) is 13.3 Å². The summed E-state index contributed by atoms with van der Waals surface area (Å²) in [6.45, 7) is 0.387. The molecule has 0 spiro atoms. The lowest BCUT2D eigenvalue weighted by Gasteiger charge is -2.25. The number of rotatable bonds is 6. The predicted octanol–water partition coefficient (Wildman–Crippen LogP) is 3.09. The summed E-state index contributed by atoms with van der Waals surface area (Å²) < 4.78 is 97.9. The van der Waals surface area contributed by atoms with E-state index in [0.29, 0.717) is 0 Å². The zero-order valence-corrected chi connectivity index (χ0v) is 11.1. The van der Waals surface area contributed by atoms with E-state index >= 15 is 0 Å². The third kappa shape index (κ3) is 7.83. The van der Waals surface area contributed by atoms with Gasteiger partial charge in [0.05, 0.1) is 12.4 Å². The lowest BCUT2D eigenvalue weighted by atomic mass is 10.1. The number of alkyl halides is 6. The zero-order valence-electron chi connectivity index (χ0n) is 9.55. The first-order valence-electron chi connectivity index (χ1n) is 4.94. The smallest absolute Gasteiger partial charge is 0.361 e. The van der Waals surface area contributed by atoms with E-state index in [1.165, 1.54) is 6.92 Å². The summed E-state index contributed by atoms with van der Waals surface area (Å²) in [6.07, 6.45) is -15.2. The average Bonchev–Trinajstić information content (AvgIpc) is 2.09. The van der Waals surface area contributed by atoms with Crippen molar-refractivity contribution in [3.63, 3.8) is 0 Å². The maximum absolute atomic E-state index is 12.1. The van der Waals surface area contributed by atoms with Gasteiger partial charge in [0.25, 0.3) is 0 Å². The van der Waals surface area contributed by atoms with Gasteiger partial charge in [-0.15, -0.1) is 0 Å². The number of ether oxygens (including phenoxy) is 1. The van der Waals surface area contributed by atoms with Crippen LogP contribution in [-0.4, -0.2) is 39.2 Å². The normalized spacial score (nSPS) is 15.8. The highest BCUT2D eigenvalue weighted by molar-refractivity contribution is 8.13. The Morgan fingerprint density at radius 1 is 1.11 bits per heavy atom. The molecule has 0 rings (SSSR count). The number of hydrogen-bond acceptors (Lipinski definition) is 3. The third-order valence-electron chi connectivity index (χ3n) is 2.11. The molecule has 1 unspecified atom stereocenters. The van der Waals surface area contributed by atoms with Gasteiger partial charge in [-0.1, -0.05) is 13.3 Å². The van der Waals surface area contributed by atoms with Crippen LogP contribution < -0.4 is 0 Å². The van der Waals surface area contributed by atoms with Crippen molar-refractivity contribution in [3.8, 4) is 0 Å². The molecule has 0 aliphatic rings. The van der Waals surface area contributed by atoms with Crippen molar-refractivity contribution in [2.45, 2.75) is 31.8 Å². The average molecular weight is 337 g/mol. The highest BCUT2D eigenvalue weighted by atomic mass is 35.7. The van der Waals surface area contributed by atoms with Crippen molar-refractivity contribution in [2.24, 2.45) is 5.92 Å². The van der Waals surface area contributed by atoms with Crippen molar-refractivity contribution in [1.82, 2.24) is 0 Å². The molecule has 0 saturated carbocycles. The van der Waals surface area contributed by atoms with E-state index in [0.717, 1.165) is 0 Å². The van der Waals surface area contributed by atoms with E-state index in [-0.39, 0.29) is 6.42 Å². The van der Waals surface area contributed by atoms with E-state index in [4.69, 9.17) is 10.7 Å². The van der Waals surface area contributed by atoms with Gasteiger partial charge >= 0.3 is 12.4 Å². The monoisotopic (exact) mass is 336 g/mol. The minimum Gasteiger partial charge on any atom is -0.361 e. The van der Waals surface area contributed by atoms with E-state index in [1.54, 1.807) is 0 Å². The maximum Gasteiger partial charge on any atom is 0.423 e. The fraction of sp³-hybridized carbons (Fsp3) is 1.00. The SMILES string of the molecule is CCC(COC(C(F)(F)F)C(F)(F)F)CS(=O)(=O)Cl. The van der Waals surface area contributed by atoms with Gasteiger partial charge in [0.1, 0.15) is 0 Å². The summed E-state index contributed by atoms with van der Waals surface area (Å²) in [5, 5.41) is 0. The predicted molar refractivity (Wildman–Crippen MR) is 55.3 cm³/mol. The zero-order chi connectivity index (χ0) is 15.5. The minimum atomic E-state index is -5.61. The fourth-order valence-electron chi connectivity index (χ4n) is 1.17. The molecule has 0 saturated heterocycles. The molecule has 0 aromatic rings. The molecule has 0 fully saturated rings. The van der Waals surface area contributed by atoms with Gasteiger partial charge < -0.3 is 4.74 Å². The number of hydrogen-bond donors (Lipinski definition) is 0. The van der Waals surface area contributed by atoms with Crippen LogP contribution in [0.3, 0.4) is 0 Å². The van der Waals surface area contributed by atoms with Crippen LogP contribution in [0.15, 0.2) is 0 Å². The maximum atomic E-state index is 12.1. The van der Waals surface area contributed by atoms with E-state index in [9.17, 15) is 34.8 Å². The molecular formula is C8H11ClF6O3S. The summed E-state index contributed by atoms with van der Waals surface area (Å²) in [5.74, 6) is -1.80. The second kappa shape index (κ2) is 6.49. The Kier molecular flexibility index (Phi) is 6.41. The topological polar surface area (TPSA) is 43.4 Å². The molecular weight excluding hydrogens is 326 g/mol. The Balaban J connectivity index is 4.72. The van der Waals surface area contributed by atoms with Crippen molar-refractivity contribution in [1.29, 1.82) is 0 Å². The Bertz CT molecular complexity index is 363. The standard InChI is InChI=1S/C8H11ClF6O3S/c1-2-5(4-19(9,16)17)3-18-6(7(10,11)12)8(13,14)15/h5-6H,2-4H2,1H3. The highest BCUT2D eigenvalue weighted by Gasteiger charge is 2.58. The van der Waals surface area contributed by atoms with E-state index in [2.05, 4.69) is 4.74 Å². The molecule has 0 aromatic carbocycles. The quantitative estimate of drug-likeness (QED) is 0.553. The molecule has 0 N–H and O–H groups in total. The summed E-state index contributed by atoms with van der Waals surface area (Å²) in [6, 6.07) is 0. The van der Waals surface area contributed by atoms with Gasteiger partial charge in [-0.25, -0.2) is 8.42 Å². The Labute approximate surface area is 110 Å². The Morgan fingerprint density at radius 3 is 1.79 bits per heavy atom. The molecule has 19 heavy (non-hydrogen) atoms. The minimum absolute atomic E-state index is 0.00832. The van der Waals surface area contributed by atoms with Gasteiger partial charge in [-0.05, 0) is 5.92 Å². The summed E-state index contributed by atoms with van der Waals surface area (Å²) in [5.41, 5.74) is 0. The van der Waals surface area contributed by atoms with Crippen LogP contribution in [0.5, 0.6) is 0 Å². The molecule has 3 nitrogen and oxygen atoms in total.